The summed E-state index contributed by atoms with van der Waals surface area (Å²) in [6, 6.07) is 3.63. The number of pyridine rings is 1. The van der Waals surface area contributed by atoms with Gasteiger partial charge in [0.2, 0.25) is 0 Å². The fraction of sp³-hybridized carbons (Fsp3) is 0.600. The molecule has 1 aromatic heterocycles. The van der Waals surface area contributed by atoms with Gasteiger partial charge in [0.15, 0.2) is 0 Å². The maximum absolute atomic E-state index is 12.7. The second-order valence-electron chi connectivity index (χ2n) is 5.29. The van der Waals surface area contributed by atoms with E-state index in [9.17, 15) is 4.79 Å². The minimum absolute atomic E-state index is 0.0266. The number of hydrogen-bond donors (Lipinski definition) is 1. The number of carbonyl (C=O) groups is 1. The molecule has 1 fully saturated rings. The molecule has 0 radical (unpaired) electrons. The monoisotopic (exact) mass is 277 g/mol. The lowest BCUT2D eigenvalue weighted by Gasteiger charge is -2.35. The zero-order valence-electron chi connectivity index (χ0n) is 12.4. The lowest BCUT2D eigenvalue weighted by atomic mass is 10.1. The van der Waals surface area contributed by atoms with Crippen molar-refractivity contribution in [2.24, 2.45) is 0 Å². The topological polar surface area (TPSA) is 54.5 Å². The smallest absolute Gasteiger partial charge is 0.257 e. The molecule has 0 unspecified atom stereocenters. The van der Waals surface area contributed by atoms with Crippen LogP contribution in [0.3, 0.4) is 0 Å². The summed E-state index contributed by atoms with van der Waals surface area (Å²) < 4.78 is 5.67. The van der Waals surface area contributed by atoms with Gasteiger partial charge in [-0.1, -0.05) is 6.92 Å². The molecular formula is C15H23N3O2. The molecule has 2 heterocycles. The molecule has 0 spiro atoms. The molecule has 0 saturated carbocycles. The van der Waals surface area contributed by atoms with Gasteiger partial charge < -0.3 is 15.0 Å². The highest BCUT2D eigenvalue weighted by Crippen LogP contribution is 2.18. The largest absolute Gasteiger partial charge is 0.372 e. The maximum atomic E-state index is 12.7. The molecule has 0 aliphatic carbocycles. The van der Waals surface area contributed by atoms with Crippen LogP contribution in [0.5, 0.6) is 0 Å². The van der Waals surface area contributed by atoms with E-state index in [0.717, 1.165) is 13.0 Å². The van der Waals surface area contributed by atoms with Gasteiger partial charge in [0.25, 0.3) is 5.91 Å². The number of amides is 1. The van der Waals surface area contributed by atoms with Crippen molar-refractivity contribution in [2.45, 2.75) is 39.4 Å². The predicted molar refractivity (Wildman–Crippen MR) is 78.9 cm³/mol. The summed E-state index contributed by atoms with van der Waals surface area (Å²) in [5, 5.41) is 3.22. The van der Waals surface area contributed by atoms with E-state index in [1.54, 1.807) is 12.3 Å². The first-order chi connectivity index (χ1) is 9.61. The SMILES string of the molecule is CCCNc1ncccc1C(=O)N1C[C@@H](C)O[C@@H](C)C1. The molecule has 1 amide bonds. The van der Waals surface area contributed by atoms with Gasteiger partial charge in [-0.3, -0.25) is 4.79 Å². The molecule has 0 aromatic carbocycles. The van der Waals surface area contributed by atoms with Gasteiger partial charge >= 0.3 is 0 Å². The Hall–Kier alpha value is -1.62. The van der Waals surface area contributed by atoms with Crippen molar-refractivity contribution >= 4 is 11.7 Å². The third-order valence-electron chi connectivity index (χ3n) is 3.29. The van der Waals surface area contributed by atoms with Crippen molar-refractivity contribution < 1.29 is 9.53 Å². The quantitative estimate of drug-likeness (QED) is 0.916. The van der Waals surface area contributed by atoms with Crippen LogP contribution in [-0.2, 0) is 4.74 Å². The zero-order valence-corrected chi connectivity index (χ0v) is 12.4. The number of ether oxygens (including phenoxy) is 1. The lowest BCUT2D eigenvalue weighted by Crippen LogP contribution is -2.48. The predicted octanol–water partition coefficient (Wildman–Crippen LogP) is 2.15. The highest BCUT2D eigenvalue weighted by molar-refractivity contribution is 5.98. The third kappa shape index (κ3) is 3.48. The van der Waals surface area contributed by atoms with Crippen LogP contribution in [-0.4, -0.2) is 47.6 Å². The van der Waals surface area contributed by atoms with Crippen LogP contribution in [0.15, 0.2) is 18.3 Å². The minimum atomic E-state index is 0.0266. The number of aromatic nitrogens is 1. The summed E-state index contributed by atoms with van der Waals surface area (Å²) in [6.45, 7) is 8.15. The fourth-order valence-electron chi connectivity index (χ4n) is 2.48. The molecular weight excluding hydrogens is 254 g/mol. The molecule has 5 nitrogen and oxygen atoms in total. The van der Waals surface area contributed by atoms with Gasteiger partial charge in [-0.25, -0.2) is 4.98 Å². The lowest BCUT2D eigenvalue weighted by molar-refractivity contribution is -0.0586. The van der Waals surface area contributed by atoms with E-state index in [0.29, 0.717) is 24.5 Å². The van der Waals surface area contributed by atoms with Crippen molar-refractivity contribution in [3.05, 3.63) is 23.9 Å². The highest BCUT2D eigenvalue weighted by Gasteiger charge is 2.27. The first-order valence-electron chi connectivity index (χ1n) is 7.25. The van der Waals surface area contributed by atoms with Gasteiger partial charge in [0, 0.05) is 25.8 Å². The molecule has 2 atom stereocenters. The maximum Gasteiger partial charge on any atom is 0.257 e. The molecule has 1 aliphatic rings. The summed E-state index contributed by atoms with van der Waals surface area (Å²) >= 11 is 0. The van der Waals surface area contributed by atoms with Gasteiger partial charge in [0.1, 0.15) is 5.82 Å². The van der Waals surface area contributed by atoms with Crippen LogP contribution in [0.4, 0.5) is 5.82 Å². The summed E-state index contributed by atoms with van der Waals surface area (Å²) in [7, 11) is 0. The summed E-state index contributed by atoms with van der Waals surface area (Å²) in [6.07, 6.45) is 2.85. The summed E-state index contributed by atoms with van der Waals surface area (Å²) in [5.74, 6) is 0.699. The normalized spacial score (nSPS) is 22.6. The average Bonchev–Trinajstić information content (AvgIpc) is 2.43. The van der Waals surface area contributed by atoms with Crippen LogP contribution in [0, 0.1) is 0 Å². The van der Waals surface area contributed by atoms with E-state index >= 15 is 0 Å². The highest BCUT2D eigenvalue weighted by atomic mass is 16.5. The Morgan fingerprint density at radius 1 is 1.45 bits per heavy atom. The number of morpholine rings is 1. The molecule has 110 valence electrons. The Bertz CT molecular complexity index is 454. The minimum Gasteiger partial charge on any atom is -0.372 e. The summed E-state index contributed by atoms with van der Waals surface area (Å²) in [5.41, 5.74) is 0.641. The van der Waals surface area contributed by atoms with Crippen LogP contribution >= 0.6 is 0 Å². The standard InChI is InChI=1S/C15H23N3O2/c1-4-7-16-14-13(6-5-8-17-14)15(19)18-9-11(2)20-12(3)10-18/h5-6,8,11-12H,4,7,9-10H2,1-3H3,(H,16,17)/t11-,12+. The van der Waals surface area contributed by atoms with E-state index in [4.69, 9.17) is 4.74 Å². The van der Waals surface area contributed by atoms with E-state index in [-0.39, 0.29) is 18.1 Å². The first kappa shape index (κ1) is 14.8. The Morgan fingerprint density at radius 2 is 2.15 bits per heavy atom. The van der Waals surface area contributed by atoms with Gasteiger partial charge in [-0.05, 0) is 32.4 Å². The number of carbonyl (C=O) groups excluding carboxylic acids is 1. The molecule has 0 bridgehead atoms. The van der Waals surface area contributed by atoms with Crippen molar-refractivity contribution in [3.63, 3.8) is 0 Å². The van der Waals surface area contributed by atoms with Crippen LogP contribution in [0.1, 0.15) is 37.6 Å². The molecule has 20 heavy (non-hydrogen) atoms. The number of nitrogens with zero attached hydrogens (tertiary/aromatic N) is 2. The van der Waals surface area contributed by atoms with Gasteiger partial charge in [-0.2, -0.15) is 0 Å². The number of anilines is 1. The Balaban J connectivity index is 2.15. The second kappa shape index (κ2) is 6.70. The first-order valence-corrected chi connectivity index (χ1v) is 7.25. The molecule has 1 aromatic rings. The van der Waals surface area contributed by atoms with Crippen molar-refractivity contribution in [2.75, 3.05) is 25.0 Å². The molecule has 1 N–H and O–H groups in total. The number of hydrogen-bond acceptors (Lipinski definition) is 4. The fourth-order valence-corrected chi connectivity index (χ4v) is 2.48. The number of nitrogens with one attached hydrogen (secondary N) is 1. The third-order valence-corrected chi connectivity index (χ3v) is 3.29. The van der Waals surface area contributed by atoms with E-state index in [1.807, 2.05) is 24.8 Å². The van der Waals surface area contributed by atoms with Crippen molar-refractivity contribution in [3.8, 4) is 0 Å². The molecule has 1 aliphatic heterocycles. The van der Waals surface area contributed by atoms with E-state index in [1.165, 1.54) is 0 Å². The average molecular weight is 277 g/mol. The van der Waals surface area contributed by atoms with Crippen LogP contribution < -0.4 is 5.32 Å². The van der Waals surface area contributed by atoms with E-state index in [2.05, 4.69) is 17.2 Å². The van der Waals surface area contributed by atoms with Gasteiger partial charge in [0.05, 0.1) is 17.8 Å². The van der Waals surface area contributed by atoms with Crippen molar-refractivity contribution in [1.82, 2.24) is 9.88 Å². The van der Waals surface area contributed by atoms with Crippen LogP contribution in [0.25, 0.3) is 0 Å². The number of rotatable bonds is 4. The van der Waals surface area contributed by atoms with E-state index < -0.39 is 0 Å². The van der Waals surface area contributed by atoms with Gasteiger partial charge in [-0.15, -0.1) is 0 Å². The summed E-state index contributed by atoms with van der Waals surface area (Å²) in [4.78, 5) is 18.8. The Labute approximate surface area is 120 Å². The van der Waals surface area contributed by atoms with Crippen LogP contribution in [0.2, 0.25) is 0 Å². The molecule has 5 heteroatoms. The second-order valence-corrected chi connectivity index (χ2v) is 5.29. The molecule has 1 saturated heterocycles. The molecule has 2 rings (SSSR count). The van der Waals surface area contributed by atoms with Crippen molar-refractivity contribution in [1.29, 1.82) is 0 Å². The Kier molecular flexibility index (Phi) is 4.95. The Morgan fingerprint density at radius 3 is 2.80 bits per heavy atom. The zero-order chi connectivity index (χ0) is 14.5.